The van der Waals surface area contributed by atoms with E-state index in [1.54, 1.807) is 25.2 Å². The van der Waals surface area contributed by atoms with Gasteiger partial charge in [0.25, 0.3) is 0 Å². The van der Waals surface area contributed by atoms with Gasteiger partial charge in [-0.2, -0.15) is 5.10 Å². The number of nitrogens with zero attached hydrogens (tertiary/aromatic N) is 1. The van der Waals surface area contributed by atoms with Gasteiger partial charge >= 0.3 is 0 Å². The Morgan fingerprint density at radius 3 is 2.76 bits per heavy atom. The molecular formula is C16H20N2O2S. The first-order chi connectivity index (χ1) is 9.81. The van der Waals surface area contributed by atoms with Crippen LogP contribution in [0.15, 0.2) is 12.1 Å². The summed E-state index contributed by atoms with van der Waals surface area (Å²) in [6.07, 6.45) is 0.414. The second-order valence-electron chi connectivity index (χ2n) is 6.26. The summed E-state index contributed by atoms with van der Waals surface area (Å²) in [5.74, 6) is -0.514. The number of thiophene rings is 1. The Labute approximate surface area is 128 Å². The summed E-state index contributed by atoms with van der Waals surface area (Å²) in [6.45, 7) is 7.37. The van der Waals surface area contributed by atoms with Crippen molar-refractivity contribution in [1.82, 2.24) is 10.2 Å². The minimum absolute atomic E-state index is 0.0299. The largest absolute Gasteiger partial charge is 0.389 e. The number of carbonyl (C=O) groups excluding carboxylic acids is 1. The third-order valence-corrected chi connectivity index (χ3v) is 5.50. The van der Waals surface area contributed by atoms with Crippen molar-refractivity contribution in [3.63, 3.8) is 0 Å². The molecule has 1 aliphatic carbocycles. The van der Waals surface area contributed by atoms with E-state index >= 15 is 0 Å². The normalized spacial score (nSPS) is 28.4. The van der Waals surface area contributed by atoms with Gasteiger partial charge in [0.15, 0.2) is 0 Å². The van der Waals surface area contributed by atoms with Crippen LogP contribution in [0.25, 0.3) is 0 Å². The van der Waals surface area contributed by atoms with Gasteiger partial charge in [-0.15, -0.1) is 11.3 Å². The third kappa shape index (κ3) is 2.24. The molecule has 0 spiro atoms. The summed E-state index contributed by atoms with van der Waals surface area (Å²) >= 11 is 1.69. The zero-order valence-electron chi connectivity index (χ0n) is 12.7. The van der Waals surface area contributed by atoms with E-state index in [2.05, 4.69) is 29.3 Å². The van der Waals surface area contributed by atoms with Crippen LogP contribution in [0.1, 0.15) is 46.5 Å². The first kappa shape index (κ1) is 14.5. The lowest BCUT2D eigenvalue weighted by Gasteiger charge is -2.40. The van der Waals surface area contributed by atoms with Crippen molar-refractivity contribution in [3.8, 4) is 0 Å². The molecular weight excluding hydrogens is 284 g/mol. The summed E-state index contributed by atoms with van der Waals surface area (Å²) in [5.41, 5.74) is 1.89. The number of hydrogen-bond donors (Lipinski definition) is 2. The second kappa shape index (κ2) is 4.78. The lowest BCUT2D eigenvalue weighted by molar-refractivity contribution is -0.130. The Bertz CT molecular complexity index is 699. The minimum atomic E-state index is -1.07. The molecule has 3 rings (SSSR count). The fourth-order valence-electron chi connectivity index (χ4n) is 3.61. The zero-order valence-corrected chi connectivity index (χ0v) is 13.5. The molecule has 2 aromatic rings. The molecule has 0 saturated heterocycles. The number of aromatic amines is 1. The van der Waals surface area contributed by atoms with E-state index < -0.39 is 11.5 Å². The molecule has 0 unspecified atom stereocenters. The topological polar surface area (TPSA) is 66.0 Å². The highest BCUT2D eigenvalue weighted by Crippen LogP contribution is 2.48. The number of carbonyl (C=O) groups is 1. The number of hydrogen-bond acceptors (Lipinski definition) is 4. The number of aliphatic hydroxyl groups is 1. The summed E-state index contributed by atoms with van der Waals surface area (Å²) in [7, 11) is 0. The van der Waals surface area contributed by atoms with E-state index in [9.17, 15) is 9.90 Å². The van der Waals surface area contributed by atoms with E-state index in [1.807, 2.05) is 6.92 Å². The lowest BCUT2D eigenvalue weighted by Crippen LogP contribution is -2.47. The monoisotopic (exact) mass is 304 g/mol. The molecule has 0 saturated carbocycles. The van der Waals surface area contributed by atoms with Crippen LogP contribution in [-0.2, 0) is 11.2 Å². The number of aryl methyl sites for hydroxylation is 2. The molecule has 0 bridgehead atoms. The Hall–Kier alpha value is -1.46. The van der Waals surface area contributed by atoms with E-state index in [4.69, 9.17) is 0 Å². The average molecular weight is 304 g/mol. The summed E-state index contributed by atoms with van der Waals surface area (Å²) in [4.78, 5) is 14.6. The highest BCUT2D eigenvalue weighted by atomic mass is 32.1. The molecule has 3 atom stereocenters. The van der Waals surface area contributed by atoms with E-state index in [0.29, 0.717) is 6.42 Å². The van der Waals surface area contributed by atoms with Crippen LogP contribution in [0.3, 0.4) is 0 Å². The highest BCUT2D eigenvalue weighted by Gasteiger charge is 2.49. The van der Waals surface area contributed by atoms with Gasteiger partial charge in [0.1, 0.15) is 5.78 Å². The highest BCUT2D eigenvalue weighted by molar-refractivity contribution is 7.12. The Balaban J connectivity index is 2.23. The van der Waals surface area contributed by atoms with Crippen molar-refractivity contribution < 1.29 is 9.90 Å². The van der Waals surface area contributed by atoms with Gasteiger partial charge in [-0.1, -0.05) is 0 Å². The number of nitrogens with one attached hydrogen (secondary N) is 1. The van der Waals surface area contributed by atoms with Crippen molar-refractivity contribution >= 4 is 17.1 Å². The molecule has 2 aromatic heterocycles. The van der Waals surface area contributed by atoms with Gasteiger partial charge in [0, 0.05) is 33.4 Å². The average Bonchev–Trinajstić information content (AvgIpc) is 2.93. The summed E-state index contributed by atoms with van der Waals surface area (Å²) in [6, 6.07) is 4.13. The van der Waals surface area contributed by atoms with Crippen LogP contribution in [0.5, 0.6) is 0 Å². The molecule has 2 N–H and O–H groups in total. The van der Waals surface area contributed by atoms with E-state index in [0.717, 1.165) is 21.8 Å². The van der Waals surface area contributed by atoms with Gasteiger partial charge in [-0.3, -0.25) is 9.89 Å². The molecule has 21 heavy (non-hydrogen) atoms. The smallest absolute Gasteiger partial charge is 0.136 e. The fourth-order valence-corrected chi connectivity index (χ4v) is 4.63. The van der Waals surface area contributed by atoms with E-state index in [-0.39, 0.29) is 11.7 Å². The summed E-state index contributed by atoms with van der Waals surface area (Å²) in [5, 5.41) is 18.2. The minimum Gasteiger partial charge on any atom is -0.389 e. The number of aromatic nitrogens is 2. The van der Waals surface area contributed by atoms with Crippen molar-refractivity contribution in [3.05, 3.63) is 38.8 Å². The lowest BCUT2D eigenvalue weighted by atomic mass is 9.66. The van der Waals surface area contributed by atoms with Gasteiger partial charge < -0.3 is 5.11 Å². The molecule has 1 aliphatic rings. The predicted octanol–water partition coefficient (Wildman–Crippen LogP) is 2.73. The molecule has 0 fully saturated rings. The number of fused-ring (bicyclic) bond motifs is 1. The Kier molecular flexibility index (Phi) is 3.30. The predicted molar refractivity (Wildman–Crippen MR) is 82.7 cm³/mol. The SMILES string of the molecule is CC(=O)[C@H]1[C@H](c2ccc(C)s2)c2c(n[nH]c2C)C[C@]1(C)O. The van der Waals surface area contributed by atoms with Gasteiger partial charge in [0.05, 0.1) is 17.2 Å². The van der Waals surface area contributed by atoms with Crippen LogP contribution in [-0.4, -0.2) is 26.7 Å². The molecule has 0 aliphatic heterocycles. The van der Waals surface area contributed by atoms with Gasteiger partial charge in [-0.25, -0.2) is 0 Å². The molecule has 4 nitrogen and oxygen atoms in total. The molecule has 0 aromatic carbocycles. The second-order valence-corrected chi connectivity index (χ2v) is 7.58. The van der Waals surface area contributed by atoms with Gasteiger partial charge in [0.2, 0.25) is 0 Å². The maximum Gasteiger partial charge on any atom is 0.136 e. The molecule has 0 radical (unpaired) electrons. The van der Waals surface area contributed by atoms with Crippen LogP contribution in [0.4, 0.5) is 0 Å². The van der Waals surface area contributed by atoms with Crippen LogP contribution in [0.2, 0.25) is 0 Å². The Morgan fingerprint density at radius 2 is 2.19 bits per heavy atom. The number of ketones is 1. The van der Waals surface area contributed by atoms with Crippen LogP contribution in [0, 0.1) is 19.8 Å². The summed E-state index contributed by atoms with van der Waals surface area (Å²) < 4.78 is 0. The third-order valence-electron chi connectivity index (χ3n) is 4.42. The van der Waals surface area contributed by atoms with E-state index in [1.165, 1.54) is 4.88 Å². The van der Waals surface area contributed by atoms with Crippen molar-refractivity contribution in [2.24, 2.45) is 5.92 Å². The molecule has 2 heterocycles. The number of Topliss-reactive ketones (excluding diaryl/α,β-unsaturated/α-hetero) is 1. The molecule has 112 valence electrons. The van der Waals surface area contributed by atoms with Gasteiger partial charge in [-0.05, 0) is 39.8 Å². The number of rotatable bonds is 2. The Morgan fingerprint density at radius 1 is 1.48 bits per heavy atom. The van der Waals surface area contributed by atoms with Crippen molar-refractivity contribution in [2.45, 2.75) is 45.6 Å². The maximum atomic E-state index is 12.3. The first-order valence-electron chi connectivity index (χ1n) is 7.14. The standard InChI is InChI=1S/C16H20N2O2S/c1-8-5-6-12(21-8)14-13-9(2)17-18-11(13)7-16(4,20)15(14)10(3)19/h5-6,14-15,20H,7H2,1-4H3,(H,17,18)/t14-,15+,16+/m1/s1. The van der Waals surface area contributed by atoms with Crippen LogP contribution < -0.4 is 0 Å². The quantitative estimate of drug-likeness (QED) is 0.896. The maximum absolute atomic E-state index is 12.3. The van der Waals surface area contributed by atoms with Crippen LogP contribution >= 0.6 is 11.3 Å². The molecule has 0 amide bonds. The zero-order chi connectivity index (χ0) is 15.4. The fraction of sp³-hybridized carbons (Fsp3) is 0.500. The first-order valence-corrected chi connectivity index (χ1v) is 7.96. The van der Waals surface area contributed by atoms with Crippen molar-refractivity contribution in [2.75, 3.05) is 0 Å². The molecule has 5 heteroatoms. The number of H-pyrrole nitrogens is 1. The van der Waals surface area contributed by atoms with Crippen molar-refractivity contribution in [1.29, 1.82) is 0 Å².